The molecule has 2 aromatic rings. The smallest absolute Gasteiger partial charge is 0.156 e. The lowest BCUT2D eigenvalue weighted by molar-refractivity contribution is -0.132. The Balaban J connectivity index is 1.58. The summed E-state index contributed by atoms with van der Waals surface area (Å²) >= 11 is 7.56. The molecule has 4 nitrogen and oxygen atoms in total. The van der Waals surface area contributed by atoms with E-state index < -0.39 is 17.1 Å². The molecule has 0 amide bonds. The molecule has 1 aromatic heterocycles. The lowest BCUT2D eigenvalue weighted by Gasteiger charge is -2.28. The highest BCUT2D eigenvalue weighted by molar-refractivity contribution is 7.15. The molecule has 1 saturated carbocycles. The number of hydrogen-bond donors (Lipinski definition) is 0. The maximum absolute atomic E-state index is 13.4. The summed E-state index contributed by atoms with van der Waals surface area (Å²) in [6.45, 7) is 6.04. The fraction of sp³-hybridized carbons (Fsp3) is 0.500. The summed E-state index contributed by atoms with van der Waals surface area (Å²) in [6.07, 6.45) is 2.42. The van der Waals surface area contributed by atoms with Crippen molar-refractivity contribution in [3.63, 3.8) is 0 Å². The van der Waals surface area contributed by atoms with E-state index in [4.69, 9.17) is 21.3 Å². The fourth-order valence-corrected chi connectivity index (χ4v) is 6.70. The quantitative estimate of drug-likeness (QED) is 0.673. The van der Waals surface area contributed by atoms with E-state index in [1.807, 2.05) is 45.0 Å². The van der Waals surface area contributed by atoms with Crippen molar-refractivity contribution in [2.75, 3.05) is 0 Å². The largest absolute Gasteiger partial charge is 0.368 e. The number of hydrogen-bond acceptors (Lipinski definition) is 5. The van der Waals surface area contributed by atoms with Crippen molar-refractivity contribution >= 4 is 34.5 Å². The molecule has 5 atom stereocenters. The molecule has 0 spiro atoms. The van der Waals surface area contributed by atoms with Crippen LogP contribution < -0.4 is 0 Å². The Labute approximate surface area is 173 Å². The number of carbonyl (C=O) groups excluding carboxylic acids is 2. The predicted octanol–water partition coefficient (Wildman–Crippen LogP) is 4.84. The molecule has 1 aliphatic carbocycles. The lowest BCUT2D eigenvalue weighted by atomic mass is 9.69. The monoisotopic (exact) mass is 415 g/mol. The van der Waals surface area contributed by atoms with E-state index in [-0.39, 0.29) is 23.4 Å². The van der Waals surface area contributed by atoms with Gasteiger partial charge in [0.2, 0.25) is 0 Å². The van der Waals surface area contributed by atoms with Crippen LogP contribution in [-0.4, -0.2) is 27.8 Å². The van der Waals surface area contributed by atoms with Crippen LogP contribution in [-0.2, 0) is 20.7 Å². The Bertz CT molecular complexity index is 966. The molecule has 3 fully saturated rings. The molecule has 6 heteroatoms. The SMILES string of the molecule is CCc1sc(-c2ccc(Cl)cc2)nc1C1C(=O)[C@@H]2[C@H](C1=O)[C@@]1(C)CC[C@]2(C)O1. The summed E-state index contributed by atoms with van der Waals surface area (Å²) < 4.78 is 6.21. The molecule has 1 unspecified atom stereocenters. The third-order valence-corrected chi connectivity index (χ3v) is 8.35. The second-order valence-electron chi connectivity index (χ2n) is 8.61. The van der Waals surface area contributed by atoms with Gasteiger partial charge in [-0.1, -0.05) is 30.7 Å². The first-order chi connectivity index (χ1) is 13.3. The van der Waals surface area contributed by atoms with Crippen molar-refractivity contribution in [3.05, 3.63) is 39.9 Å². The number of rotatable bonds is 3. The van der Waals surface area contributed by atoms with Gasteiger partial charge in [-0.25, -0.2) is 4.98 Å². The minimum absolute atomic E-state index is 0.00332. The summed E-state index contributed by atoms with van der Waals surface area (Å²) in [4.78, 5) is 32.7. The van der Waals surface area contributed by atoms with Crippen molar-refractivity contribution in [2.45, 2.75) is 57.2 Å². The number of ether oxygens (including phenoxy) is 1. The number of fused-ring (bicyclic) bond motifs is 5. The topological polar surface area (TPSA) is 56.3 Å². The number of aryl methyl sites for hydroxylation is 1. The highest BCUT2D eigenvalue weighted by atomic mass is 35.5. The minimum atomic E-state index is -0.747. The number of carbonyl (C=O) groups is 2. The molecule has 28 heavy (non-hydrogen) atoms. The maximum atomic E-state index is 13.4. The number of ketones is 2. The zero-order chi connectivity index (χ0) is 19.8. The van der Waals surface area contributed by atoms with E-state index >= 15 is 0 Å². The zero-order valence-corrected chi connectivity index (χ0v) is 17.7. The van der Waals surface area contributed by atoms with Gasteiger partial charge in [0.1, 0.15) is 10.9 Å². The van der Waals surface area contributed by atoms with Gasteiger partial charge in [-0.05, 0) is 45.2 Å². The van der Waals surface area contributed by atoms with Crippen LogP contribution in [0.1, 0.15) is 50.1 Å². The number of halogens is 1. The Hall–Kier alpha value is -1.56. The van der Waals surface area contributed by atoms with Gasteiger partial charge < -0.3 is 4.74 Å². The minimum Gasteiger partial charge on any atom is -0.368 e. The first kappa shape index (κ1) is 18.5. The highest BCUT2D eigenvalue weighted by Gasteiger charge is 2.72. The Morgan fingerprint density at radius 3 is 2.21 bits per heavy atom. The Kier molecular flexibility index (Phi) is 3.94. The molecular weight excluding hydrogens is 394 g/mol. The molecule has 146 valence electrons. The van der Waals surface area contributed by atoms with Crippen molar-refractivity contribution in [1.82, 2.24) is 4.98 Å². The first-order valence-corrected chi connectivity index (χ1v) is 11.0. The van der Waals surface area contributed by atoms with Gasteiger partial charge in [0.15, 0.2) is 11.6 Å². The van der Waals surface area contributed by atoms with Gasteiger partial charge in [-0.15, -0.1) is 11.3 Å². The van der Waals surface area contributed by atoms with E-state index in [1.54, 1.807) is 11.3 Å². The maximum Gasteiger partial charge on any atom is 0.156 e. The third-order valence-electron chi connectivity index (χ3n) is 6.83. The standard InChI is InChI=1S/C22H22ClNO3S/c1-4-13-17(24-20(28-13)11-5-7-12(23)8-6-11)14-18(25)15-16(19(14)26)22(3)10-9-21(15,2)27-22/h5-8,14-16H,4,9-10H2,1-3H3/t14?,15-,16+,21-,22+. The van der Waals surface area contributed by atoms with Crippen LogP contribution in [0.15, 0.2) is 24.3 Å². The van der Waals surface area contributed by atoms with Gasteiger partial charge in [-0.2, -0.15) is 0 Å². The van der Waals surface area contributed by atoms with E-state index in [0.717, 1.165) is 34.7 Å². The van der Waals surface area contributed by atoms with Gasteiger partial charge in [-0.3, -0.25) is 9.59 Å². The molecule has 1 aromatic carbocycles. The number of thiazole rings is 1. The molecule has 0 radical (unpaired) electrons. The van der Waals surface area contributed by atoms with Crippen molar-refractivity contribution in [2.24, 2.45) is 11.8 Å². The second-order valence-corrected chi connectivity index (χ2v) is 10.1. The van der Waals surface area contributed by atoms with E-state index in [9.17, 15) is 9.59 Å². The predicted molar refractivity (Wildman–Crippen MR) is 109 cm³/mol. The van der Waals surface area contributed by atoms with Gasteiger partial charge in [0, 0.05) is 15.5 Å². The summed E-state index contributed by atoms with van der Waals surface area (Å²) in [7, 11) is 0. The van der Waals surface area contributed by atoms with E-state index in [2.05, 4.69) is 0 Å². The number of Topliss-reactive ketones (excluding diaryl/α,β-unsaturated/α-hetero) is 2. The van der Waals surface area contributed by atoms with Crippen LogP contribution in [0.4, 0.5) is 0 Å². The van der Waals surface area contributed by atoms with Crippen LogP contribution in [0.2, 0.25) is 5.02 Å². The van der Waals surface area contributed by atoms with Gasteiger partial charge >= 0.3 is 0 Å². The summed E-state index contributed by atoms with van der Waals surface area (Å²) in [5, 5.41) is 1.50. The Morgan fingerprint density at radius 1 is 1.11 bits per heavy atom. The average molecular weight is 416 g/mol. The third kappa shape index (κ3) is 2.36. The van der Waals surface area contributed by atoms with Crippen molar-refractivity contribution in [1.29, 1.82) is 0 Å². The number of benzene rings is 1. The zero-order valence-electron chi connectivity index (χ0n) is 16.1. The number of nitrogens with zero attached hydrogens (tertiary/aromatic N) is 1. The van der Waals surface area contributed by atoms with Gasteiger partial charge in [0.05, 0.1) is 28.7 Å². The van der Waals surface area contributed by atoms with Gasteiger partial charge in [0.25, 0.3) is 0 Å². The normalized spacial score (nSPS) is 36.4. The first-order valence-electron chi connectivity index (χ1n) is 9.80. The summed E-state index contributed by atoms with van der Waals surface area (Å²) in [5.74, 6) is -1.42. The second kappa shape index (κ2) is 5.97. The molecule has 3 aliphatic rings. The molecule has 5 rings (SSSR count). The van der Waals surface area contributed by atoms with Crippen molar-refractivity contribution in [3.8, 4) is 10.6 Å². The van der Waals surface area contributed by atoms with E-state index in [1.165, 1.54) is 0 Å². The van der Waals surface area contributed by atoms with Crippen molar-refractivity contribution < 1.29 is 14.3 Å². The van der Waals surface area contributed by atoms with Crippen LogP contribution >= 0.6 is 22.9 Å². The molecule has 2 aliphatic heterocycles. The number of aromatic nitrogens is 1. The molecule has 2 saturated heterocycles. The van der Waals surface area contributed by atoms with Crippen LogP contribution in [0.25, 0.3) is 10.6 Å². The van der Waals surface area contributed by atoms with Crippen LogP contribution in [0.5, 0.6) is 0 Å². The molecule has 0 N–H and O–H groups in total. The molecular formula is C22H22ClNO3S. The summed E-state index contributed by atoms with van der Waals surface area (Å²) in [5.41, 5.74) is 0.592. The lowest BCUT2D eigenvalue weighted by Crippen LogP contribution is -2.40. The van der Waals surface area contributed by atoms with Crippen LogP contribution in [0, 0.1) is 11.8 Å². The molecule has 3 heterocycles. The van der Waals surface area contributed by atoms with Crippen LogP contribution in [0.3, 0.4) is 0 Å². The average Bonchev–Trinajstić information content (AvgIpc) is 3.34. The fourth-order valence-electron chi connectivity index (χ4n) is 5.53. The molecule has 2 bridgehead atoms. The van der Waals surface area contributed by atoms with E-state index in [0.29, 0.717) is 10.7 Å². The highest BCUT2D eigenvalue weighted by Crippen LogP contribution is 2.62. The Morgan fingerprint density at radius 2 is 1.68 bits per heavy atom. The summed E-state index contributed by atoms with van der Waals surface area (Å²) in [6, 6.07) is 7.51.